The molecule has 0 N–H and O–H groups in total. The highest BCUT2D eigenvalue weighted by molar-refractivity contribution is 7.12. The van der Waals surface area contributed by atoms with Crippen LogP contribution in [0.25, 0.3) is 5.69 Å². The monoisotopic (exact) mass is 301 g/mol. The van der Waals surface area contributed by atoms with Gasteiger partial charge in [-0.15, -0.1) is 11.3 Å². The van der Waals surface area contributed by atoms with Crippen LogP contribution < -0.4 is 0 Å². The summed E-state index contributed by atoms with van der Waals surface area (Å²) in [4.78, 5) is 18.2. The van der Waals surface area contributed by atoms with Gasteiger partial charge in [-0.05, 0) is 36.4 Å². The molecule has 1 aliphatic heterocycles. The van der Waals surface area contributed by atoms with Crippen LogP contribution in [0, 0.1) is 0 Å². The molecular formula is C16H19N3OS. The van der Waals surface area contributed by atoms with Gasteiger partial charge >= 0.3 is 0 Å². The number of thiophene rings is 1. The van der Waals surface area contributed by atoms with Crippen LogP contribution in [0.4, 0.5) is 0 Å². The number of hydrogen-bond acceptors (Lipinski definition) is 3. The molecule has 1 saturated carbocycles. The van der Waals surface area contributed by atoms with Crippen LogP contribution in [0.15, 0.2) is 36.0 Å². The molecule has 110 valence electrons. The molecule has 5 heteroatoms. The predicted molar refractivity (Wildman–Crippen MR) is 84.1 cm³/mol. The second-order valence-corrected chi connectivity index (χ2v) is 6.70. The molecule has 0 radical (unpaired) electrons. The Balaban J connectivity index is 1.49. The van der Waals surface area contributed by atoms with E-state index in [2.05, 4.69) is 4.90 Å². The van der Waals surface area contributed by atoms with Crippen LogP contribution >= 0.6 is 11.3 Å². The minimum atomic E-state index is 0.184. The third-order valence-electron chi connectivity index (χ3n) is 4.39. The Hall–Kier alpha value is -1.59. The molecule has 0 bridgehead atoms. The van der Waals surface area contributed by atoms with E-state index >= 15 is 0 Å². The van der Waals surface area contributed by atoms with Crippen molar-refractivity contribution in [1.82, 2.24) is 14.4 Å². The molecule has 0 unspecified atom stereocenters. The summed E-state index contributed by atoms with van der Waals surface area (Å²) in [6.45, 7) is 3.78. The third kappa shape index (κ3) is 2.51. The Morgan fingerprint density at radius 3 is 2.48 bits per heavy atom. The molecule has 0 spiro atoms. The van der Waals surface area contributed by atoms with E-state index in [9.17, 15) is 4.79 Å². The Morgan fingerprint density at radius 1 is 1.10 bits per heavy atom. The summed E-state index contributed by atoms with van der Waals surface area (Å²) < 4.78 is 2.02. The molecule has 2 aromatic heterocycles. The molecule has 21 heavy (non-hydrogen) atoms. The molecule has 1 amide bonds. The molecular weight excluding hydrogens is 282 g/mol. The van der Waals surface area contributed by atoms with Gasteiger partial charge in [-0.3, -0.25) is 9.69 Å². The molecule has 0 atom stereocenters. The van der Waals surface area contributed by atoms with Crippen molar-refractivity contribution in [3.63, 3.8) is 0 Å². The van der Waals surface area contributed by atoms with Crippen molar-refractivity contribution >= 4 is 17.2 Å². The summed E-state index contributed by atoms with van der Waals surface area (Å²) in [6, 6.07) is 6.80. The minimum absolute atomic E-state index is 0.184. The summed E-state index contributed by atoms with van der Waals surface area (Å²) in [5, 5.41) is 2.00. The van der Waals surface area contributed by atoms with E-state index in [4.69, 9.17) is 0 Å². The largest absolute Gasteiger partial charge is 0.335 e. The zero-order valence-electron chi connectivity index (χ0n) is 11.9. The second-order valence-electron chi connectivity index (χ2n) is 5.78. The van der Waals surface area contributed by atoms with Crippen molar-refractivity contribution in [3.05, 3.63) is 40.8 Å². The fourth-order valence-corrected chi connectivity index (χ4v) is 3.89. The lowest BCUT2D eigenvalue weighted by Gasteiger charge is -2.34. The first kappa shape index (κ1) is 13.1. The van der Waals surface area contributed by atoms with Gasteiger partial charge in [0.15, 0.2) is 0 Å². The maximum atomic E-state index is 12.8. The quantitative estimate of drug-likeness (QED) is 0.871. The first-order chi connectivity index (χ1) is 10.3. The lowest BCUT2D eigenvalue weighted by Crippen LogP contribution is -2.49. The highest BCUT2D eigenvalue weighted by atomic mass is 32.1. The summed E-state index contributed by atoms with van der Waals surface area (Å²) in [5.74, 6) is 0.184. The Bertz CT molecular complexity index is 622. The molecule has 4 nitrogen and oxygen atoms in total. The van der Waals surface area contributed by atoms with Gasteiger partial charge in [-0.1, -0.05) is 0 Å². The standard InChI is InChI=1S/C16H19N3OS/c20-16(19-10-8-17(9-11-19)13-3-4-13)15-14(5-12-21-15)18-6-1-2-7-18/h1-2,5-7,12-13H,3-4,8-11H2. The Labute approximate surface area is 128 Å². The average molecular weight is 301 g/mol. The number of amides is 1. The molecule has 2 aliphatic rings. The minimum Gasteiger partial charge on any atom is -0.335 e. The van der Waals surface area contributed by atoms with Gasteiger partial charge in [-0.25, -0.2) is 0 Å². The van der Waals surface area contributed by atoms with Crippen LogP contribution in [-0.4, -0.2) is 52.5 Å². The molecule has 3 heterocycles. The van der Waals surface area contributed by atoms with Crippen molar-refractivity contribution in [2.45, 2.75) is 18.9 Å². The highest BCUT2D eigenvalue weighted by Crippen LogP contribution is 2.28. The first-order valence-electron chi connectivity index (χ1n) is 7.57. The molecule has 4 rings (SSSR count). The van der Waals surface area contributed by atoms with Gasteiger partial charge in [0.05, 0.1) is 5.69 Å². The van der Waals surface area contributed by atoms with Crippen molar-refractivity contribution in [2.75, 3.05) is 26.2 Å². The normalized spacial score (nSPS) is 19.9. The highest BCUT2D eigenvalue weighted by Gasteiger charge is 2.33. The summed E-state index contributed by atoms with van der Waals surface area (Å²) in [5.41, 5.74) is 1.000. The fourth-order valence-electron chi connectivity index (χ4n) is 3.03. The van der Waals surface area contributed by atoms with Crippen molar-refractivity contribution in [2.24, 2.45) is 0 Å². The second kappa shape index (κ2) is 5.31. The topological polar surface area (TPSA) is 28.5 Å². The summed E-state index contributed by atoms with van der Waals surface area (Å²) >= 11 is 1.54. The van der Waals surface area contributed by atoms with E-state index in [1.807, 2.05) is 45.4 Å². The predicted octanol–water partition coefficient (Wildman–Crippen LogP) is 2.46. The van der Waals surface area contributed by atoms with Gasteiger partial charge in [0.25, 0.3) is 5.91 Å². The zero-order chi connectivity index (χ0) is 14.2. The smallest absolute Gasteiger partial charge is 0.266 e. The number of carbonyl (C=O) groups excluding carboxylic acids is 1. The average Bonchev–Trinajstić information content (AvgIpc) is 3.03. The number of nitrogens with zero attached hydrogens (tertiary/aromatic N) is 3. The third-order valence-corrected chi connectivity index (χ3v) is 5.28. The van der Waals surface area contributed by atoms with Gasteiger partial charge < -0.3 is 9.47 Å². The molecule has 1 saturated heterocycles. The van der Waals surface area contributed by atoms with E-state index in [1.54, 1.807) is 11.3 Å². The van der Waals surface area contributed by atoms with Crippen LogP contribution in [0.3, 0.4) is 0 Å². The Kier molecular flexibility index (Phi) is 3.31. The molecule has 0 aromatic carbocycles. The van der Waals surface area contributed by atoms with E-state index < -0.39 is 0 Å². The van der Waals surface area contributed by atoms with Crippen molar-refractivity contribution < 1.29 is 4.79 Å². The van der Waals surface area contributed by atoms with E-state index in [-0.39, 0.29) is 5.91 Å². The van der Waals surface area contributed by atoms with Crippen molar-refractivity contribution in [3.8, 4) is 5.69 Å². The SMILES string of the molecule is O=C(c1sccc1-n1cccc1)N1CCN(C2CC2)CC1. The lowest BCUT2D eigenvalue weighted by atomic mass is 10.2. The van der Waals surface area contributed by atoms with Crippen LogP contribution in [-0.2, 0) is 0 Å². The lowest BCUT2D eigenvalue weighted by molar-refractivity contribution is 0.0632. The van der Waals surface area contributed by atoms with Crippen molar-refractivity contribution in [1.29, 1.82) is 0 Å². The number of rotatable bonds is 3. The van der Waals surface area contributed by atoms with Crippen LogP contribution in [0.1, 0.15) is 22.5 Å². The maximum Gasteiger partial charge on any atom is 0.266 e. The van der Waals surface area contributed by atoms with E-state index in [0.29, 0.717) is 0 Å². The summed E-state index contributed by atoms with van der Waals surface area (Å²) in [7, 11) is 0. The van der Waals surface area contributed by atoms with E-state index in [1.165, 1.54) is 12.8 Å². The molecule has 2 aromatic rings. The van der Waals surface area contributed by atoms with Gasteiger partial charge in [0, 0.05) is 44.6 Å². The number of hydrogen-bond donors (Lipinski definition) is 0. The van der Waals surface area contributed by atoms with E-state index in [0.717, 1.165) is 42.8 Å². The summed E-state index contributed by atoms with van der Waals surface area (Å²) in [6.07, 6.45) is 6.67. The van der Waals surface area contributed by atoms with Crippen LogP contribution in [0.5, 0.6) is 0 Å². The maximum absolute atomic E-state index is 12.8. The van der Waals surface area contributed by atoms with Crippen LogP contribution in [0.2, 0.25) is 0 Å². The number of piperazine rings is 1. The molecule has 2 fully saturated rings. The van der Waals surface area contributed by atoms with Gasteiger partial charge in [-0.2, -0.15) is 0 Å². The number of aromatic nitrogens is 1. The Morgan fingerprint density at radius 2 is 1.81 bits per heavy atom. The van der Waals surface area contributed by atoms with Gasteiger partial charge in [0.1, 0.15) is 4.88 Å². The molecule has 1 aliphatic carbocycles. The fraction of sp³-hybridized carbons (Fsp3) is 0.438. The first-order valence-corrected chi connectivity index (χ1v) is 8.45. The number of carbonyl (C=O) groups is 1. The van der Waals surface area contributed by atoms with Gasteiger partial charge in [0.2, 0.25) is 0 Å². The zero-order valence-corrected chi connectivity index (χ0v) is 12.8.